The molecule has 0 spiro atoms. The minimum Gasteiger partial charge on any atom is -0.482 e. The molecule has 1 atom stereocenters. The molecule has 0 unspecified atom stereocenters. The van der Waals surface area contributed by atoms with Crippen molar-refractivity contribution < 1.29 is 19.7 Å². The third-order valence-electron chi connectivity index (χ3n) is 2.42. The van der Waals surface area contributed by atoms with Gasteiger partial charge in [-0.05, 0) is 32.0 Å². The van der Waals surface area contributed by atoms with E-state index >= 15 is 0 Å². The van der Waals surface area contributed by atoms with Gasteiger partial charge < -0.3 is 20.3 Å². The molecular formula is C13H19NO4. The average Bonchev–Trinajstić information content (AvgIpc) is 2.80. The van der Waals surface area contributed by atoms with E-state index in [1.54, 1.807) is 12.1 Å². The highest BCUT2D eigenvalue weighted by molar-refractivity contribution is 5.68. The third kappa shape index (κ3) is 6.22. The van der Waals surface area contributed by atoms with E-state index in [1.807, 2.05) is 19.1 Å². The second-order valence-corrected chi connectivity index (χ2v) is 4.14. The highest BCUT2D eigenvalue weighted by Gasteiger charge is 2.08. The highest BCUT2D eigenvalue weighted by Crippen LogP contribution is 2.10. The molecule has 5 nitrogen and oxygen atoms in total. The maximum atomic E-state index is 10.1. The van der Waals surface area contributed by atoms with Gasteiger partial charge in [0.1, 0.15) is 5.75 Å². The topological polar surface area (TPSA) is 78.8 Å². The monoisotopic (exact) mass is 253 g/mol. The Morgan fingerprint density at radius 3 is 2.50 bits per heavy atom. The van der Waals surface area contributed by atoms with Crippen molar-refractivity contribution in [1.29, 1.82) is 0 Å². The zero-order valence-corrected chi connectivity index (χ0v) is 10.4. The third-order valence-corrected chi connectivity index (χ3v) is 2.42. The van der Waals surface area contributed by atoms with Crippen molar-refractivity contribution in [1.82, 2.24) is 5.32 Å². The van der Waals surface area contributed by atoms with E-state index in [4.69, 9.17) is 14.9 Å². The van der Waals surface area contributed by atoms with Crippen LogP contribution in [0.2, 0.25) is 0 Å². The van der Waals surface area contributed by atoms with Gasteiger partial charge in [-0.1, -0.05) is 17.7 Å². The quantitative estimate of drug-likeness (QED) is 0.742. The molecule has 1 aromatic carbocycles. The lowest BCUT2D eigenvalue weighted by atomic mass is 10.2. The Hall–Kier alpha value is -1.59. The number of carboxylic acids is 1. The number of hydrogen-bond acceptors (Lipinski definition) is 4. The first-order valence-corrected chi connectivity index (χ1v) is 5.88. The molecule has 3 N–H and O–H groups in total. The summed E-state index contributed by atoms with van der Waals surface area (Å²) in [6.07, 6.45) is 0.866. The van der Waals surface area contributed by atoms with E-state index in [9.17, 15) is 4.79 Å². The predicted octanol–water partition coefficient (Wildman–Crippen LogP) is 0.799. The van der Waals surface area contributed by atoms with Gasteiger partial charge in [-0.15, -0.1) is 0 Å². The van der Waals surface area contributed by atoms with Gasteiger partial charge >= 0.3 is 5.97 Å². The number of hydrogen-bond donors (Lipinski definition) is 3. The van der Waals surface area contributed by atoms with Crippen LogP contribution >= 0.6 is 0 Å². The van der Waals surface area contributed by atoms with Crippen molar-refractivity contribution in [2.75, 3.05) is 19.7 Å². The van der Waals surface area contributed by atoms with Gasteiger partial charge in [-0.2, -0.15) is 0 Å². The van der Waals surface area contributed by atoms with Gasteiger partial charge in [-0.3, -0.25) is 0 Å². The molecule has 5 heteroatoms. The molecule has 100 valence electrons. The molecule has 0 aromatic heterocycles. The Bertz CT molecular complexity index is 358. The van der Waals surface area contributed by atoms with Crippen LogP contribution in [0.5, 0.6) is 5.75 Å². The molecule has 1 aromatic rings. The summed E-state index contributed by atoms with van der Waals surface area (Å²) in [5, 5.41) is 20.0. The van der Waals surface area contributed by atoms with Crippen LogP contribution in [0.25, 0.3) is 0 Å². The smallest absolute Gasteiger partial charge is 0.341 e. The molecule has 0 bridgehead atoms. The fourth-order valence-corrected chi connectivity index (χ4v) is 1.42. The first-order chi connectivity index (χ1) is 8.58. The van der Waals surface area contributed by atoms with Gasteiger partial charge in [0.15, 0.2) is 6.61 Å². The summed E-state index contributed by atoms with van der Waals surface area (Å²) in [6, 6.07) is 7.24. The highest BCUT2D eigenvalue weighted by atomic mass is 16.5. The van der Waals surface area contributed by atoms with Gasteiger partial charge in [0.2, 0.25) is 0 Å². The van der Waals surface area contributed by atoms with E-state index in [-0.39, 0.29) is 12.7 Å². The first kappa shape index (κ1) is 14.5. The Morgan fingerprint density at radius 1 is 1.44 bits per heavy atom. The molecule has 1 aliphatic rings. The summed E-state index contributed by atoms with van der Waals surface area (Å²) >= 11 is 0. The van der Waals surface area contributed by atoms with Crippen LogP contribution < -0.4 is 10.1 Å². The molecule has 0 radical (unpaired) electrons. The summed E-state index contributed by atoms with van der Waals surface area (Å²) in [5.74, 6) is -0.376. The number of carbonyl (C=O) groups is 1. The SMILES string of the molecule is Cc1ccc(OCC(=O)O)cc1.O[C@@H]1CCNC1. The number of carboxylic acid groups (broad SMARTS) is 1. The lowest BCUT2D eigenvalue weighted by molar-refractivity contribution is -0.139. The van der Waals surface area contributed by atoms with Crippen LogP contribution in [-0.2, 0) is 4.79 Å². The Kier molecular flexibility index (Phi) is 6.18. The fraction of sp³-hybridized carbons (Fsp3) is 0.462. The molecule has 0 aliphatic carbocycles. The Labute approximate surface area is 106 Å². The van der Waals surface area contributed by atoms with Gasteiger partial charge in [0, 0.05) is 6.54 Å². The Morgan fingerprint density at radius 2 is 2.11 bits per heavy atom. The normalized spacial score (nSPS) is 17.8. The average molecular weight is 253 g/mol. The molecule has 0 amide bonds. The number of benzene rings is 1. The maximum Gasteiger partial charge on any atom is 0.341 e. The van der Waals surface area contributed by atoms with Crippen molar-refractivity contribution in [3.8, 4) is 5.75 Å². The molecule has 2 rings (SSSR count). The number of β-amino-alcohol motifs (C(OH)–C–C–N with tert-alkyl or cyclic N) is 1. The summed E-state index contributed by atoms with van der Waals surface area (Å²) in [4.78, 5) is 10.1. The number of nitrogens with one attached hydrogen (secondary N) is 1. The van der Waals surface area contributed by atoms with Gasteiger partial charge in [0.25, 0.3) is 0 Å². The van der Waals surface area contributed by atoms with Crippen LogP contribution in [0, 0.1) is 6.92 Å². The number of rotatable bonds is 3. The molecule has 1 heterocycles. The fourth-order valence-electron chi connectivity index (χ4n) is 1.42. The van der Waals surface area contributed by atoms with Crippen molar-refractivity contribution >= 4 is 5.97 Å². The number of aliphatic carboxylic acids is 1. The number of ether oxygens (including phenoxy) is 1. The summed E-state index contributed by atoms with van der Waals surface area (Å²) in [6.45, 7) is 3.45. The predicted molar refractivity (Wildman–Crippen MR) is 67.8 cm³/mol. The molecule has 1 fully saturated rings. The summed E-state index contributed by atoms with van der Waals surface area (Å²) in [5.41, 5.74) is 1.12. The van der Waals surface area contributed by atoms with E-state index < -0.39 is 5.97 Å². The van der Waals surface area contributed by atoms with Crippen molar-refractivity contribution in [2.24, 2.45) is 0 Å². The van der Waals surface area contributed by atoms with Crippen molar-refractivity contribution in [3.05, 3.63) is 29.8 Å². The molecule has 18 heavy (non-hydrogen) atoms. The Balaban J connectivity index is 0.000000225. The summed E-state index contributed by atoms with van der Waals surface area (Å²) in [7, 11) is 0. The first-order valence-electron chi connectivity index (χ1n) is 5.88. The van der Waals surface area contributed by atoms with Crippen molar-refractivity contribution in [2.45, 2.75) is 19.4 Å². The van der Waals surface area contributed by atoms with Crippen LogP contribution in [0.3, 0.4) is 0 Å². The van der Waals surface area contributed by atoms with Crippen molar-refractivity contribution in [3.63, 3.8) is 0 Å². The van der Waals surface area contributed by atoms with Gasteiger partial charge in [-0.25, -0.2) is 4.79 Å². The van der Waals surface area contributed by atoms with E-state index in [0.29, 0.717) is 5.75 Å². The summed E-state index contributed by atoms with van der Waals surface area (Å²) < 4.78 is 4.92. The van der Waals surface area contributed by atoms with E-state index in [0.717, 1.165) is 25.1 Å². The standard InChI is InChI=1S/C9H10O3.C4H9NO/c1-7-2-4-8(5-3-7)12-6-9(10)11;6-4-1-2-5-3-4/h2-5H,6H2,1H3,(H,10,11);4-6H,1-3H2/t;4-/m.1/s1. The lowest BCUT2D eigenvalue weighted by Crippen LogP contribution is -2.11. The number of aryl methyl sites for hydroxylation is 1. The minimum absolute atomic E-state index is 0.0648. The zero-order valence-electron chi connectivity index (χ0n) is 10.4. The number of aliphatic hydroxyl groups excluding tert-OH is 1. The molecular weight excluding hydrogens is 234 g/mol. The second kappa shape index (κ2) is 7.68. The lowest BCUT2D eigenvalue weighted by Gasteiger charge is -2.01. The van der Waals surface area contributed by atoms with Crippen LogP contribution in [-0.4, -0.2) is 42.0 Å². The van der Waals surface area contributed by atoms with E-state index in [2.05, 4.69) is 5.32 Å². The molecule has 0 saturated carbocycles. The van der Waals surface area contributed by atoms with Crippen LogP contribution in [0.4, 0.5) is 0 Å². The zero-order chi connectivity index (χ0) is 13.4. The van der Waals surface area contributed by atoms with Gasteiger partial charge in [0.05, 0.1) is 6.10 Å². The maximum absolute atomic E-state index is 10.1. The largest absolute Gasteiger partial charge is 0.482 e. The molecule has 1 saturated heterocycles. The van der Waals surface area contributed by atoms with E-state index in [1.165, 1.54) is 0 Å². The minimum atomic E-state index is -0.962. The van der Waals surface area contributed by atoms with Crippen LogP contribution in [0.1, 0.15) is 12.0 Å². The number of aliphatic hydroxyl groups is 1. The molecule has 1 aliphatic heterocycles. The second-order valence-electron chi connectivity index (χ2n) is 4.14. The van der Waals surface area contributed by atoms with Crippen LogP contribution in [0.15, 0.2) is 24.3 Å².